The van der Waals surface area contributed by atoms with Gasteiger partial charge in [-0.2, -0.15) is 0 Å². The molecule has 0 unspecified atom stereocenters. The SMILES string of the molecule is Cc1ccc2cccc(OCCCCl)c2n1. The van der Waals surface area contributed by atoms with Crippen molar-refractivity contribution >= 4 is 22.5 Å². The molecule has 1 heterocycles. The van der Waals surface area contributed by atoms with Gasteiger partial charge in [-0.1, -0.05) is 18.2 Å². The van der Waals surface area contributed by atoms with Crippen LogP contribution in [0.25, 0.3) is 10.9 Å². The second kappa shape index (κ2) is 5.17. The Labute approximate surface area is 100 Å². The van der Waals surface area contributed by atoms with Crippen molar-refractivity contribution in [2.75, 3.05) is 12.5 Å². The molecule has 0 bridgehead atoms. The highest BCUT2D eigenvalue weighted by Gasteiger charge is 2.03. The summed E-state index contributed by atoms with van der Waals surface area (Å²) in [6.07, 6.45) is 0.851. The molecule has 1 aromatic heterocycles. The van der Waals surface area contributed by atoms with Crippen LogP contribution in [-0.4, -0.2) is 17.5 Å². The van der Waals surface area contributed by atoms with Crippen LogP contribution in [0.2, 0.25) is 0 Å². The van der Waals surface area contributed by atoms with Crippen LogP contribution >= 0.6 is 11.6 Å². The van der Waals surface area contributed by atoms with Gasteiger partial charge in [-0.15, -0.1) is 11.6 Å². The Morgan fingerprint density at radius 3 is 2.94 bits per heavy atom. The maximum Gasteiger partial charge on any atom is 0.145 e. The summed E-state index contributed by atoms with van der Waals surface area (Å²) in [5, 5.41) is 1.11. The third kappa shape index (κ3) is 2.45. The molecule has 0 radical (unpaired) electrons. The Morgan fingerprint density at radius 1 is 1.25 bits per heavy atom. The number of pyridine rings is 1. The van der Waals surface area contributed by atoms with E-state index in [4.69, 9.17) is 16.3 Å². The Balaban J connectivity index is 2.32. The van der Waals surface area contributed by atoms with Crippen molar-refractivity contribution in [3.63, 3.8) is 0 Å². The number of rotatable bonds is 4. The number of hydrogen-bond donors (Lipinski definition) is 0. The minimum atomic E-state index is 0.622. The summed E-state index contributed by atoms with van der Waals surface area (Å²) in [6, 6.07) is 10.0. The smallest absolute Gasteiger partial charge is 0.145 e. The molecular weight excluding hydrogens is 222 g/mol. The van der Waals surface area contributed by atoms with Crippen molar-refractivity contribution in [1.29, 1.82) is 0 Å². The Bertz CT molecular complexity index is 484. The largest absolute Gasteiger partial charge is 0.491 e. The molecule has 0 amide bonds. The number of ether oxygens (including phenoxy) is 1. The van der Waals surface area contributed by atoms with E-state index in [1.807, 2.05) is 31.2 Å². The van der Waals surface area contributed by atoms with Gasteiger partial charge in [-0.25, -0.2) is 4.98 Å². The number of alkyl halides is 1. The number of halogens is 1. The van der Waals surface area contributed by atoms with Gasteiger partial charge in [-0.05, 0) is 25.5 Å². The van der Waals surface area contributed by atoms with Gasteiger partial charge >= 0.3 is 0 Å². The van der Waals surface area contributed by atoms with Crippen molar-refractivity contribution in [2.45, 2.75) is 13.3 Å². The van der Waals surface area contributed by atoms with Gasteiger partial charge in [-0.3, -0.25) is 0 Å². The number of aromatic nitrogens is 1. The Hall–Kier alpha value is -1.28. The predicted molar refractivity (Wildman–Crippen MR) is 67.3 cm³/mol. The number of aryl methyl sites for hydroxylation is 1. The van der Waals surface area contributed by atoms with Crippen molar-refractivity contribution in [2.24, 2.45) is 0 Å². The third-order valence-electron chi connectivity index (χ3n) is 2.36. The lowest BCUT2D eigenvalue weighted by molar-refractivity contribution is 0.321. The Kier molecular flexibility index (Phi) is 3.62. The average molecular weight is 236 g/mol. The van der Waals surface area contributed by atoms with Crippen molar-refractivity contribution in [3.05, 3.63) is 36.0 Å². The quantitative estimate of drug-likeness (QED) is 0.597. The third-order valence-corrected chi connectivity index (χ3v) is 2.63. The van der Waals surface area contributed by atoms with Crippen molar-refractivity contribution in [1.82, 2.24) is 4.98 Å². The van der Waals surface area contributed by atoms with E-state index >= 15 is 0 Å². The van der Waals surface area contributed by atoms with Gasteiger partial charge in [0.2, 0.25) is 0 Å². The highest BCUT2D eigenvalue weighted by atomic mass is 35.5. The zero-order valence-electron chi connectivity index (χ0n) is 9.24. The summed E-state index contributed by atoms with van der Waals surface area (Å²) < 4.78 is 5.67. The summed E-state index contributed by atoms with van der Waals surface area (Å²) in [4.78, 5) is 4.50. The molecule has 0 saturated heterocycles. The van der Waals surface area contributed by atoms with Gasteiger partial charge in [0.15, 0.2) is 0 Å². The van der Waals surface area contributed by atoms with Crippen molar-refractivity contribution in [3.8, 4) is 5.75 Å². The molecule has 0 saturated carbocycles. The fraction of sp³-hybridized carbons (Fsp3) is 0.308. The second-order valence-corrected chi connectivity index (χ2v) is 4.05. The number of benzene rings is 1. The number of nitrogens with zero attached hydrogens (tertiary/aromatic N) is 1. The topological polar surface area (TPSA) is 22.1 Å². The zero-order chi connectivity index (χ0) is 11.4. The number of para-hydroxylation sites is 1. The van der Waals surface area contributed by atoms with Crippen molar-refractivity contribution < 1.29 is 4.74 Å². The van der Waals surface area contributed by atoms with Crippen LogP contribution in [-0.2, 0) is 0 Å². The first-order valence-electron chi connectivity index (χ1n) is 5.36. The molecular formula is C13H14ClNO. The van der Waals surface area contributed by atoms with Gasteiger partial charge in [0.05, 0.1) is 6.61 Å². The van der Waals surface area contributed by atoms with Crippen LogP contribution in [0.3, 0.4) is 0 Å². The monoisotopic (exact) mass is 235 g/mol. The molecule has 2 nitrogen and oxygen atoms in total. The highest BCUT2D eigenvalue weighted by molar-refractivity contribution is 6.17. The van der Waals surface area contributed by atoms with Gasteiger partial charge < -0.3 is 4.74 Å². The molecule has 16 heavy (non-hydrogen) atoms. The predicted octanol–water partition coefficient (Wildman–Crippen LogP) is 3.55. The van der Waals surface area contributed by atoms with E-state index in [-0.39, 0.29) is 0 Å². The first-order valence-corrected chi connectivity index (χ1v) is 5.90. The van der Waals surface area contributed by atoms with Crippen LogP contribution in [0.1, 0.15) is 12.1 Å². The summed E-state index contributed by atoms with van der Waals surface area (Å²) in [7, 11) is 0. The lowest BCUT2D eigenvalue weighted by Gasteiger charge is -2.08. The average Bonchev–Trinajstić information content (AvgIpc) is 2.30. The highest BCUT2D eigenvalue weighted by Crippen LogP contribution is 2.23. The standard InChI is InChI=1S/C13H14ClNO/c1-10-6-7-11-4-2-5-12(13(11)15-10)16-9-3-8-14/h2,4-7H,3,8-9H2,1H3. The van der Waals surface area contributed by atoms with E-state index in [9.17, 15) is 0 Å². The second-order valence-electron chi connectivity index (χ2n) is 3.67. The Morgan fingerprint density at radius 2 is 2.12 bits per heavy atom. The van der Waals surface area contributed by atoms with E-state index in [1.54, 1.807) is 0 Å². The summed E-state index contributed by atoms with van der Waals surface area (Å²) in [5.74, 6) is 1.46. The lowest BCUT2D eigenvalue weighted by atomic mass is 10.2. The van der Waals surface area contributed by atoms with E-state index < -0.39 is 0 Å². The minimum absolute atomic E-state index is 0.622. The first-order chi connectivity index (χ1) is 7.81. The number of hydrogen-bond acceptors (Lipinski definition) is 2. The maximum absolute atomic E-state index is 5.67. The molecule has 0 fully saturated rings. The van der Waals surface area contributed by atoms with E-state index in [0.29, 0.717) is 12.5 Å². The summed E-state index contributed by atoms with van der Waals surface area (Å²) in [5.41, 5.74) is 1.93. The molecule has 3 heteroatoms. The first kappa shape index (κ1) is 11.2. The molecule has 2 aromatic rings. The molecule has 0 aliphatic carbocycles. The number of fused-ring (bicyclic) bond motifs is 1. The van der Waals surface area contributed by atoms with Crippen LogP contribution in [0, 0.1) is 6.92 Å². The summed E-state index contributed by atoms with van der Waals surface area (Å²) >= 11 is 5.62. The van der Waals surface area contributed by atoms with Crippen LogP contribution in [0.5, 0.6) is 5.75 Å². The molecule has 2 rings (SSSR count). The molecule has 0 aliphatic heterocycles. The molecule has 0 spiro atoms. The van der Waals surface area contributed by atoms with Crippen LogP contribution in [0.4, 0.5) is 0 Å². The minimum Gasteiger partial charge on any atom is -0.491 e. The van der Waals surface area contributed by atoms with E-state index in [1.165, 1.54) is 0 Å². The van der Waals surface area contributed by atoms with Gasteiger partial charge in [0.25, 0.3) is 0 Å². The molecule has 0 aliphatic rings. The fourth-order valence-electron chi connectivity index (χ4n) is 1.57. The van der Waals surface area contributed by atoms with Crippen LogP contribution in [0.15, 0.2) is 30.3 Å². The van der Waals surface area contributed by atoms with Gasteiger partial charge in [0.1, 0.15) is 11.3 Å². The summed E-state index contributed by atoms with van der Waals surface area (Å²) in [6.45, 7) is 2.62. The lowest BCUT2D eigenvalue weighted by Crippen LogP contribution is -1.99. The zero-order valence-corrected chi connectivity index (χ0v) is 10.00. The van der Waals surface area contributed by atoms with Crippen LogP contribution < -0.4 is 4.74 Å². The molecule has 0 N–H and O–H groups in total. The van der Waals surface area contributed by atoms with E-state index in [0.717, 1.165) is 28.8 Å². The molecule has 84 valence electrons. The van der Waals surface area contributed by atoms with E-state index in [2.05, 4.69) is 11.1 Å². The normalized spacial score (nSPS) is 10.6. The maximum atomic E-state index is 5.67. The molecule has 1 aromatic carbocycles. The van der Waals surface area contributed by atoms with Gasteiger partial charge in [0, 0.05) is 17.0 Å². The molecule has 0 atom stereocenters. The fourth-order valence-corrected chi connectivity index (χ4v) is 1.68.